The number of furan rings is 1. The highest BCUT2D eigenvalue weighted by atomic mass is 32.1. The number of hydrogen-bond donors (Lipinski definition) is 1. The van der Waals surface area contributed by atoms with Gasteiger partial charge < -0.3 is 9.52 Å². The standard InChI is InChI=1S/C17H11FO2S/c18-13-6-3-4-10-8-14(20-17(10)13)16(19)12-9-21-15-7-2-1-5-11(12)15/h1-9,16,19H. The summed E-state index contributed by atoms with van der Waals surface area (Å²) < 4.78 is 20.3. The van der Waals surface area contributed by atoms with Gasteiger partial charge in [-0.1, -0.05) is 30.3 Å². The van der Waals surface area contributed by atoms with E-state index in [0.29, 0.717) is 11.1 Å². The van der Waals surface area contributed by atoms with Gasteiger partial charge in [-0.05, 0) is 29.0 Å². The molecule has 2 aromatic carbocycles. The monoisotopic (exact) mass is 298 g/mol. The zero-order valence-corrected chi connectivity index (χ0v) is 11.7. The molecule has 1 N–H and O–H groups in total. The fraction of sp³-hybridized carbons (Fsp3) is 0.0588. The van der Waals surface area contributed by atoms with Crippen LogP contribution in [0.25, 0.3) is 21.1 Å². The number of halogens is 1. The van der Waals surface area contributed by atoms with Gasteiger partial charge in [-0.3, -0.25) is 0 Å². The Morgan fingerprint density at radius 2 is 1.95 bits per heavy atom. The maximum Gasteiger partial charge on any atom is 0.170 e. The van der Waals surface area contributed by atoms with E-state index < -0.39 is 11.9 Å². The summed E-state index contributed by atoms with van der Waals surface area (Å²) in [6.07, 6.45) is -0.895. The van der Waals surface area contributed by atoms with Crippen LogP contribution in [-0.2, 0) is 0 Å². The SMILES string of the molecule is OC(c1cc2cccc(F)c2o1)c1csc2ccccc12. The Morgan fingerprint density at radius 1 is 1.10 bits per heavy atom. The number of para-hydroxylation sites is 1. The van der Waals surface area contributed by atoms with Crippen LogP contribution in [0.1, 0.15) is 17.4 Å². The van der Waals surface area contributed by atoms with Crippen LogP contribution in [0.2, 0.25) is 0 Å². The van der Waals surface area contributed by atoms with E-state index in [0.717, 1.165) is 15.6 Å². The molecule has 0 aliphatic rings. The molecule has 0 aliphatic heterocycles. The molecule has 4 rings (SSSR count). The number of aliphatic hydroxyl groups is 1. The zero-order valence-electron chi connectivity index (χ0n) is 10.9. The highest BCUT2D eigenvalue weighted by Gasteiger charge is 2.20. The van der Waals surface area contributed by atoms with Gasteiger partial charge in [-0.2, -0.15) is 0 Å². The van der Waals surface area contributed by atoms with E-state index in [-0.39, 0.29) is 5.58 Å². The Morgan fingerprint density at radius 3 is 2.81 bits per heavy atom. The molecule has 1 unspecified atom stereocenters. The first-order valence-corrected chi connectivity index (χ1v) is 7.44. The zero-order chi connectivity index (χ0) is 14.4. The van der Waals surface area contributed by atoms with Crippen molar-refractivity contribution in [3.05, 3.63) is 71.1 Å². The van der Waals surface area contributed by atoms with E-state index in [2.05, 4.69) is 0 Å². The van der Waals surface area contributed by atoms with E-state index in [1.54, 1.807) is 29.5 Å². The minimum atomic E-state index is -0.895. The van der Waals surface area contributed by atoms with Gasteiger partial charge in [0.1, 0.15) is 11.9 Å². The maximum atomic E-state index is 13.7. The van der Waals surface area contributed by atoms with Crippen LogP contribution in [0, 0.1) is 5.82 Å². The van der Waals surface area contributed by atoms with E-state index in [9.17, 15) is 9.50 Å². The summed E-state index contributed by atoms with van der Waals surface area (Å²) >= 11 is 1.57. The van der Waals surface area contributed by atoms with Gasteiger partial charge in [0.05, 0.1) is 0 Å². The summed E-state index contributed by atoms with van der Waals surface area (Å²) in [5.41, 5.74) is 0.973. The predicted molar refractivity (Wildman–Crippen MR) is 82.1 cm³/mol. The third-order valence-electron chi connectivity index (χ3n) is 3.59. The van der Waals surface area contributed by atoms with Gasteiger partial charge in [-0.25, -0.2) is 4.39 Å². The Labute approximate surface area is 124 Å². The van der Waals surface area contributed by atoms with Crippen molar-refractivity contribution in [3.63, 3.8) is 0 Å². The smallest absolute Gasteiger partial charge is 0.170 e. The summed E-state index contributed by atoms with van der Waals surface area (Å²) in [6, 6.07) is 14.3. The van der Waals surface area contributed by atoms with Crippen LogP contribution in [0.4, 0.5) is 4.39 Å². The number of benzene rings is 2. The third kappa shape index (κ3) is 1.95. The van der Waals surface area contributed by atoms with Gasteiger partial charge in [0.15, 0.2) is 11.4 Å². The molecule has 4 aromatic rings. The first-order valence-electron chi connectivity index (χ1n) is 6.56. The summed E-state index contributed by atoms with van der Waals surface area (Å²) in [6.45, 7) is 0. The highest BCUT2D eigenvalue weighted by molar-refractivity contribution is 7.17. The second kappa shape index (κ2) is 4.69. The van der Waals surface area contributed by atoms with Crippen LogP contribution >= 0.6 is 11.3 Å². The van der Waals surface area contributed by atoms with Crippen LogP contribution in [0.5, 0.6) is 0 Å². The van der Waals surface area contributed by atoms with Crippen molar-refractivity contribution in [1.82, 2.24) is 0 Å². The van der Waals surface area contributed by atoms with Crippen molar-refractivity contribution >= 4 is 32.4 Å². The number of thiophene rings is 1. The summed E-state index contributed by atoms with van der Waals surface area (Å²) in [5, 5.41) is 14.1. The van der Waals surface area contributed by atoms with Crippen LogP contribution in [0.15, 0.2) is 58.3 Å². The Kier molecular flexibility index (Phi) is 2.80. The maximum absolute atomic E-state index is 13.7. The Hall–Kier alpha value is -2.17. The second-order valence-corrected chi connectivity index (χ2v) is 5.81. The molecule has 0 saturated heterocycles. The van der Waals surface area contributed by atoms with Crippen molar-refractivity contribution in [3.8, 4) is 0 Å². The molecule has 0 amide bonds. The second-order valence-electron chi connectivity index (χ2n) is 4.90. The molecule has 0 radical (unpaired) electrons. The van der Waals surface area contributed by atoms with E-state index >= 15 is 0 Å². The van der Waals surface area contributed by atoms with Crippen molar-refractivity contribution in [2.45, 2.75) is 6.10 Å². The Balaban J connectivity index is 1.86. The molecular weight excluding hydrogens is 287 g/mol. The number of fused-ring (bicyclic) bond motifs is 2. The molecule has 0 aliphatic carbocycles. The number of aliphatic hydroxyl groups excluding tert-OH is 1. The molecule has 4 heteroatoms. The van der Waals surface area contributed by atoms with Crippen LogP contribution in [0.3, 0.4) is 0 Å². The lowest BCUT2D eigenvalue weighted by atomic mass is 10.1. The lowest BCUT2D eigenvalue weighted by Crippen LogP contribution is -1.96. The average molecular weight is 298 g/mol. The van der Waals surface area contributed by atoms with E-state index in [1.165, 1.54) is 6.07 Å². The number of rotatable bonds is 2. The average Bonchev–Trinajstić information content (AvgIpc) is 3.11. The third-order valence-corrected chi connectivity index (χ3v) is 4.57. The lowest BCUT2D eigenvalue weighted by molar-refractivity contribution is 0.193. The van der Waals surface area contributed by atoms with Crippen molar-refractivity contribution in [2.75, 3.05) is 0 Å². The van der Waals surface area contributed by atoms with Gasteiger partial charge in [-0.15, -0.1) is 11.3 Å². The van der Waals surface area contributed by atoms with Gasteiger partial charge in [0, 0.05) is 15.6 Å². The first-order chi connectivity index (χ1) is 10.2. The van der Waals surface area contributed by atoms with E-state index in [4.69, 9.17) is 4.42 Å². The number of hydrogen-bond acceptors (Lipinski definition) is 3. The topological polar surface area (TPSA) is 33.4 Å². The minimum absolute atomic E-state index is 0.186. The van der Waals surface area contributed by atoms with Gasteiger partial charge >= 0.3 is 0 Å². The predicted octanol–water partition coefficient (Wildman–Crippen LogP) is 4.87. The molecule has 0 bridgehead atoms. The highest BCUT2D eigenvalue weighted by Crippen LogP contribution is 2.35. The van der Waals surface area contributed by atoms with Crippen LogP contribution in [-0.4, -0.2) is 5.11 Å². The van der Waals surface area contributed by atoms with E-state index in [1.807, 2.05) is 29.6 Å². The molecule has 0 saturated carbocycles. The molecule has 1 atom stereocenters. The summed E-state index contributed by atoms with van der Waals surface area (Å²) in [7, 11) is 0. The first kappa shape index (κ1) is 12.6. The van der Waals surface area contributed by atoms with Crippen LogP contribution < -0.4 is 0 Å². The normalized spacial score (nSPS) is 13.0. The summed E-state index contributed by atoms with van der Waals surface area (Å²) in [4.78, 5) is 0. The quantitative estimate of drug-likeness (QED) is 0.573. The Bertz CT molecular complexity index is 938. The fourth-order valence-corrected chi connectivity index (χ4v) is 3.53. The molecule has 2 heterocycles. The largest absolute Gasteiger partial charge is 0.455 e. The fourth-order valence-electron chi connectivity index (χ4n) is 2.55. The van der Waals surface area contributed by atoms with Crippen molar-refractivity contribution in [2.24, 2.45) is 0 Å². The minimum Gasteiger partial charge on any atom is -0.455 e. The van der Waals surface area contributed by atoms with Crippen molar-refractivity contribution < 1.29 is 13.9 Å². The molecule has 0 fully saturated rings. The molecule has 0 spiro atoms. The van der Waals surface area contributed by atoms with Crippen molar-refractivity contribution in [1.29, 1.82) is 0 Å². The molecular formula is C17H11FO2S. The molecule has 2 nitrogen and oxygen atoms in total. The lowest BCUT2D eigenvalue weighted by Gasteiger charge is -2.06. The molecule has 2 aromatic heterocycles. The molecule has 21 heavy (non-hydrogen) atoms. The van der Waals surface area contributed by atoms with Gasteiger partial charge in [0.2, 0.25) is 0 Å². The summed E-state index contributed by atoms with van der Waals surface area (Å²) in [5.74, 6) is -0.0558. The van der Waals surface area contributed by atoms with Gasteiger partial charge in [0.25, 0.3) is 0 Å². The molecule has 104 valence electrons.